The molecule has 110 valence electrons. The molecule has 2 fully saturated rings. The van der Waals surface area contributed by atoms with Crippen molar-refractivity contribution in [3.05, 3.63) is 18.0 Å². The van der Waals surface area contributed by atoms with Crippen molar-refractivity contribution >= 4 is 17.4 Å². The van der Waals surface area contributed by atoms with Crippen molar-refractivity contribution in [2.24, 2.45) is 0 Å². The number of hydrogen-bond acceptors (Lipinski definition) is 6. The smallest absolute Gasteiger partial charge is 0.214 e. The average molecular weight is 303 g/mol. The fourth-order valence-electron chi connectivity index (χ4n) is 2.37. The highest BCUT2D eigenvalue weighted by atomic mass is 32.2. The summed E-state index contributed by atoms with van der Waals surface area (Å²) in [4.78, 5) is 4.41. The number of methoxy groups -OCH3 is 1. The van der Waals surface area contributed by atoms with Gasteiger partial charge >= 0.3 is 0 Å². The van der Waals surface area contributed by atoms with Crippen LogP contribution in [0.3, 0.4) is 0 Å². The maximum Gasteiger partial charge on any atom is 0.214 e. The Morgan fingerprint density at radius 1 is 1.24 bits per heavy atom. The number of anilines is 1. The predicted molar refractivity (Wildman–Crippen MR) is 79.6 cm³/mol. The Morgan fingerprint density at radius 3 is 2.71 bits per heavy atom. The molecule has 2 heterocycles. The quantitative estimate of drug-likeness (QED) is 0.914. The molecular formula is C14H17N5OS. The molecule has 2 saturated carbocycles. The van der Waals surface area contributed by atoms with Gasteiger partial charge in [0.1, 0.15) is 10.9 Å². The van der Waals surface area contributed by atoms with Gasteiger partial charge in [-0.15, -0.1) is 10.2 Å². The van der Waals surface area contributed by atoms with E-state index >= 15 is 0 Å². The number of nitrogens with zero attached hydrogens (tertiary/aromatic N) is 4. The summed E-state index contributed by atoms with van der Waals surface area (Å²) in [5.74, 6) is 2.30. The van der Waals surface area contributed by atoms with Crippen LogP contribution in [0.2, 0.25) is 0 Å². The Labute approximate surface area is 127 Å². The molecule has 4 rings (SSSR count). The summed E-state index contributed by atoms with van der Waals surface area (Å²) in [6.07, 6.45) is 4.89. The number of nitrogen functional groups attached to an aromatic ring is 1. The normalized spacial score (nSPS) is 18.0. The maximum absolute atomic E-state index is 6.02. The van der Waals surface area contributed by atoms with E-state index in [1.807, 2.05) is 6.07 Å². The first-order valence-electron chi connectivity index (χ1n) is 7.19. The summed E-state index contributed by atoms with van der Waals surface area (Å²) < 4.78 is 7.46. The van der Waals surface area contributed by atoms with Crippen LogP contribution in [-0.2, 0) is 0 Å². The van der Waals surface area contributed by atoms with Crippen molar-refractivity contribution < 1.29 is 4.74 Å². The molecule has 2 aromatic heterocycles. The highest BCUT2D eigenvalue weighted by molar-refractivity contribution is 7.99. The highest BCUT2D eigenvalue weighted by Crippen LogP contribution is 2.47. The van der Waals surface area contributed by atoms with Gasteiger partial charge in [-0.25, -0.2) is 4.98 Å². The van der Waals surface area contributed by atoms with Crippen LogP contribution in [0.5, 0.6) is 5.88 Å². The SMILES string of the molecule is COc1ccc(N)c(Sc2nnc(C3CC3)n2C2CC2)n1. The first-order chi connectivity index (χ1) is 10.3. The minimum absolute atomic E-state index is 0.560. The number of aromatic nitrogens is 4. The van der Waals surface area contributed by atoms with Crippen molar-refractivity contribution in [1.29, 1.82) is 0 Å². The van der Waals surface area contributed by atoms with E-state index in [4.69, 9.17) is 10.5 Å². The molecule has 0 amide bonds. The topological polar surface area (TPSA) is 78.9 Å². The van der Waals surface area contributed by atoms with Gasteiger partial charge in [0.05, 0.1) is 12.8 Å². The summed E-state index contributed by atoms with van der Waals surface area (Å²) in [5, 5.41) is 10.4. The fourth-order valence-corrected chi connectivity index (χ4v) is 3.29. The van der Waals surface area contributed by atoms with Crippen LogP contribution < -0.4 is 10.5 Å². The lowest BCUT2D eigenvalue weighted by atomic mass is 10.4. The van der Waals surface area contributed by atoms with E-state index in [-0.39, 0.29) is 0 Å². The zero-order valence-electron chi connectivity index (χ0n) is 11.8. The molecule has 2 aliphatic carbocycles. The van der Waals surface area contributed by atoms with Crippen LogP contribution >= 0.6 is 11.8 Å². The Hall–Kier alpha value is -1.76. The molecule has 6 nitrogen and oxygen atoms in total. The number of rotatable bonds is 5. The van der Waals surface area contributed by atoms with E-state index in [1.54, 1.807) is 13.2 Å². The molecule has 2 N–H and O–H groups in total. The van der Waals surface area contributed by atoms with Crippen molar-refractivity contribution in [2.45, 2.75) is 47.8 Å². The Morgan fingerprint density at radius 2 is 2.05 bits per heavy atom. The molecule has 0 bridgehead atoms. The Balaban J connectivity index is 1.68. The van der Waals surface area contributed by atoms with Crippen LogP contribution in [0.1, 0.15) is 43.5 Å². The zero-order chi connectivity index (χ0) is 14.4. The Bertz CT molecular complexity index is 678. The number of nitrogens with two attached hydrogens (primary N) is 1. The Kier molecular flexibility index (Phi) is 3.02. The molecule has 7 heteroatoms. The third-order valence-electron chi connectivity index (χ3n) is 3.81. The van der Waals surface area contributed by atoms with E-state index in [0.29, 0.717) is 23.5 Å². The summed E-state index contributed by atoms with van der Waals surface area (Å²) >= 11 is 1.48. The molecule has 2 aliphatic rings. The number of hydrogen-bond donors (Lipinski definition) is 1. The maximum atomic E-state index is 6.02. The van der Waals surface area contributed by atoms with Gasteiger partial charge in [0.25, 0.3) is 0 Å². The zero-order valence-corrected chi connectivity index (χ0v) is 12.6. The molecule has 2 aromatic rings. The van der Waals surface area contributed by atoms with Gasteiger partial charge in [-0.05, 0) is 43.5 Å². The van der Waals surface area contributed by atoms with Gasteiger partial charge in [0.2, 0.25) is 5.88 Å². The van der Waals surface area contributed by atoms with Crippen LogP contribution in [0.15, 0.2) is 22.3 Å². The lowest BCUT2D eigenvalue weighted by molar-refractivity contribution is 0.395. The van der Waals surface area contributed by atoms with Crippen LogP contribution in [-0.4, -0.2) is 26.9 Å². The number of pyridine rings is 1. The van der Waals surface area contributed by atoms with Crippen LogP contribution in [0, 0.1) is 0 Å². The monoisotopic (exact) mass is 303 g/mol. The first kappa shape index (κ1) is 12.9. The van der Waals surface area contributed by atoms with Crippen molar-refractivity contribution in [3.8, 4) is 5.88 Å². The molecule has 21 heavy (non-hydrogen) atoms. The largest absolute Gasteiger partial charge is 0.481 e. The third kappa shape index (κ3) is 2.46. The van der Waals surface area contributed by atoms with Gasteiger partial charge in [-0.1, -0.05) is 0 Å². The van der Waals surface area contributed by atoms with Gasteiger partial charge in [-0.3, -0.25) is 0 Å². The summed E-state index contributed by atoms with van der Waals surface area (Å²) in [6.45, 7) is 0. The van der Waals surface area contributed by atoms with Gasteiger partial charge in [0, 0.05) is 18.0 Å². The van der Waals surface area contributed by atoms with Crippen LogP contribution in [0.4, 0.5) is 5.69 Å². The first-order valence-corrected chi connectivity index (χ1v) is 8.01. The van der Waals surface area contributed by atoms with Gasteiger partial charge in [-0.2, -0.15) is 0 Å². The second-order valence-corrected chi connectivity index (χ2v) is 6.52. The average Bonchev–Trinajstić information content (AvgIpc) is 3.40. The summed E-state index contributed by atoms with van der Waals surface area (Å²) in [7, 11) is 1.60. The molecule has 0 spiro atoms. The highest BCUT2D eigenvalue weighted by Gasteiger charge is 2.36. The molecule has 0 unspecified atom stereocenters. The van der Waals surface area contributed by atoms with E-state index in [9.17, 15) is 0 Å². The summed E-state index contributed by atoms with van der Waals surface area (Å²) in [5.41, 5.74) is 6.65. The second-order valence-electron chi connectivity index (χ2n) is 5.57. The van der Waals surface area contributed by atoms with Gasteiger partial charge in [0.15, 0.2) is 5.16 Å². The lowest BCUT2D eigenvalue weighted by Gasteiger charge is -2.09. The summed E-state index contributed by atoms with van der Waals surface area (Å²) in [6, 6.07) is 4.14. The third-order valence-corrected chi connectivity index (χ3v) is 4.79. The van der Waals surface area contributed by atoms with Crippen molar-refractivity contribution in [2.75, 3.05) is 12.8 Å². The van der Waals surface area contributed by atoms with Crippen molar-refractivity contribution in [3.63, 3.8) is 0 Å². The van der Waals surface area contributed by atoms with E-state index in [0.717, 1.165) is 16.0 Å². The predicted octanol–water partition coefficient (Wildman–Crippen LogP) is 2.63. The van der Waals surface area contributed by atoms with E-state index < -0.39 is 0 Å². The van der Waals surface area contributed by atoms with E-state index in [2.05, 4.69) is 19.7 Å². The van der Waals surface area contributed by atoms with E-state index in [1.165, 1.54) is 37.4 Å². The standard InChI is InChI=1S/C14H17N5OS/c1-20-11-7-6-10(15)13(16-11)21-14-18-17-12(8-2-3-8)19(14)9-4-5-9/h6-9H,2-5,15H2,1H3. The molecule has 0 radical (unpaired) electrons. The molecule has 0 aromatic carbocycles. The number of ether oxygens (including phenoxy) is 1. The van der Waals surface area contributed by atoms with Crippen LogP contribution in [0.25, 0.3) is 0 Å². The molecule has 0 aliphatic heterocycles. The fraction of sp³-hybridized carbons (Fsp3) is 0.500. The molecule has 0 saturated heterocycles. The molecular weight excluding hydrogens is 286 g/mol. The lowest BCUT2D eigenvalue weighted by Crippen LogP contribution is -2.02. The minimum Gasteiger partial charge on any atom is -0.481 e. The minimum atomic E-state index is 0.560. The molecule has 0 atom stereocenters. The second kappa shape index (κ2) is 4.91. The van der Waals surface area contributed by atoms with Gasteiger partial charge < -0.3 is 15.0 Å². The van der Waals surface area contributed by atoms with Crippen molar-refractivity contribution in [1.82, 2.24) is 19.7 Å².